The lowest BCUT2D eigenvalue weighted by molar-refractivity contribution is -0.143. The highest BCUT2D eigenvalue weighted by Gasteiger charge is 2.45. The maximum Gasteiger partial charge on any atom is 0.258 e. The Morgan fingerprint density at radius 3 is 2.72 bits per heavy atom. The van der Waals surface area contributed by atoms with Crippen LogP contribution >= 0.6 is 11.3 Å². The van der Waals surface area contributed by atoms with E-state index in [4.69, 9.17) is 4.98 Å². The third kappa shape index (κ3) is 3.47. The number of carbonyl (C=O) groups excluding carboxylic acids is 2. The Hall–Kier alpha value is -3.17. The second-order valence-electron chi connectivity index (χ2n) is 8.47. The summed E-state index contributed by atoms with van der Waals surface area (Å²) >= 11 is 1.46. The van der Waals surface area contributed by atoms with Crippen molar-refractivity contribution in [3.63, 3.8) is 0 Å². The fraction of sp³-hybridized carbons (Fsp3) is 0.348. The lowest BCUT2D eigenvalue weighted by Gasteiger charge is -2.37. The van der Waals surface area contributed by atoms with E-state index in [0.29, 0.717) is 35.9 Å². The maximum absolute atomic E-state index is 12.5. The van der Waals surface area contributed by atoms with E-state index in [9.17, 15) is 14.7 Å². The van der Waals surface area contributed by atoms with Crippen LogP contribution in [0.5, 0.6) is 0 Å². The van der Waals surface area contributed by atoms with Crippen LogP contribution in [-0.2, 0) is 15.2 Å². The molecule has 3 aromatic rings. The summed E-state index contributed by atoms with van der Waals surface area (Å²) < 4.78 is 0. The van der Waals surface area contributed by atoms with Crippen LogP contribution in [0.4, 0.5) is 5.95 Å². The molecule has 1 atom stereocenters. The lowest BCUT2D eigenvalue weighted by atomic mass is 9.78. The summed E-state index contributed by atoms with van der Waals surface area (Å²) in [6.45, 7) is 0.524. The van der Waals surface area contributed by atoms with E-state index in [1.165, 1.54) is 11.3 Å². The topological polar surface area (TPSA) is 108 Å². The van der Waals surface area contributed by atoms with Crippen molar-refractivity contribution in [1.82, 2.24) is 19.9 Å². The number of aldehydes is 1. The fourth-order valence-corrected chi connectivity index (χ4v) is 4.98. The van der Waals surface area contributed by atoms with Gasteiger partial charge in [0.2, 0.25) is 5.95 Å². The zero-order valence-electron chi connectivity index (χ0n) is 17.6. The molecule has 2 aliphatic rings. The molecule has 0 bridgehead atoms. The molecule has 2 N–H and O–H groups in total. The SMILES string of the molecule is CN1CC[C@@](O)(c2cccc(-c3nc(-c4ccnc(NC5(C=O)CCC5)n4)cs3)c2)C1=O. The third-order valence-corrected chi connectivity index (χ3v) is 7.24. The first-order valence-corrected chi connectivity index (χ1v) is 11.4. The minimum absolute atomic E-state index is 0.282. The first-order valence-electron chi connectivity index (χ1n) is 10.5. The second-order valence-corrected chi connectivity index (χ2v) is 9.33. The number of hydrogen-bond donors (Lipinski definition) is 2. The van der Waals surface area contributed by atoms with E-state index in [1.807, 2.05) is 23.6 Å². The Labute approximate surface area is 189 Å². The van der Waals surface area contributed by atoms with Gasteiger partial charge in [-0.2, -0.15) is 0 Å². The van der Waals surface area contributed by atoms with Crippen molar-refractivity contribution in [2.45, 2.75) is 36.8 Å². The first kappa shape index (κ1) is 20.7. The fourth-order valence-electron chi connectivity index (χ4n) is 4.17. The number of amides is 1. The van der Waals surface area contributed by atoms with Gasteiger partial charge in [-0.15, -0.1) is 11.3 Å². The number of thiazole rings is 1. The van der Waals surface area contributed by atoms with Crippen LogP contribution in [-0.4, -0.2) is 56.3 Å². The van der Waals surface area contributed by atoms with Crippen LogP contribution in [0.1, 0.15) is 31.2 Å². The molecule has 1 amide bonds. The average Bonchev–Trinajstić information content (AvgIpc) is 3.39. The molecular weight excluding hydrogens is 426 g/mol. The molecule has 0 spiro atoms. The van der Waals surface area contributed by atoms with E-state index in [1.54, 1.807) is 30.3 Å². The van der Waals surface area contributed by atoms with E-state index in [2.05, 4.69) is 15.3 Å². The molecular formula is C23H23N5O3S. The van der Waals surface area contributed by atoms with Gasteiger partial charge in [0.25, 0.3) is 5.91 Å². The van der Waals surface area contributed by atoms with E-state index < -0.39 is 11.1 Å². The number of likely N-dealkylation sites (tertiary alicyclic amines) is 1. The smallest absolute Gasteiger partial charge is 0.258 e. The molecule has 5 rings (SSSR count). The first-order chi connectivity index (χ1) is 15.4. The zero-order valence-corrected chi connectivity index (χ0v) is 18.4. The van der Waals surface area contributed by atoms with Gasteiger partial charge in [0.15, 0.2) is 5.60 Å². The van der Waals surface area contributed by atoms with Crippen LogP contribution in [0, 0.1) is 0 Å². The van der Waals surface area contributed by atoms with Crippen LogP contribution in [0.3, 0.4) is 0 Å². The summed E-state index contributed by atoms with van der Waals surface area (Å²) in [7, 11) is 1.70. The molecule has 1 aliphatic carbocycles. The van der Waals surface area contributed by atoms with Crippen molar-refractivity contribution < 1.29 is 14.7 Å². The summed E-state index contributed by atoms with van der Waals surface area (Å²) in [6.07, 6.45) is 5.54. The summed E-state index contributed by atoms with van der Waals surface area (Å²) in [5.41, 5.74) is 0.718. The van der Waals surface area contributed by atoms with Gasteiger partial charge in [-0.05, 0) is 37.0 Å². The van der Waals surface area contributed by atoms with Crippen molar-refractivity contribution in [3.8, 4) is 22.0 Å². The number of carbonyl (C=O) groups is 2. The summed E-state index contributed by atoms with van der Waals surface area (Å²) in [4.78, 5) is 39.0. The molecule has 32 heavy (non-hydrogen) atoms. The highest BCUT2D eigenvalue weighted by atomic mass is 32.1. The molecule has 0 unspecified atom stereocenters. The highest BCUT2D eigenvalue weighted by Crippen LogP contribution is 2.36. The highest BCUT2D eigenvalue weighted by molar-refractivity contribution is 7.13. The quantitative estimate of drug-likeness (QED) is 0.557. The molecule has 1 aliphatic heterocycles. The third-order valence-electron chi connectivity index (χ3n) is 6.35. The van der Waals surface area contributed by atoms with Gasteiger partial charge >= 0.3 is 0 Å². The number of aromatic nitrogens is 3. The van der Waals surface area contributed by atoms with Crippen LogP contribution < -0.4 is 5.32 Å². The summed E-state index contributed by atoms with van der Waals surface area (Å²) in [5.74, 6) is 0.131. The van der Waals surface area contributed by atoms with Crippen molar-refractivity contribution >= 4 is 29.5 Å². The average molecular weight is 450 g/mol. The van der Waals surface area contributed by atoms with Gasteiger partial charge in [0, 0.05) is 37.2 Å². The monoisotopic (exact) mass is 449 g/mol. The summed E-state index contributed by atoms with van der Waals surface area (Å²) in [6, 6.07) is 9.14. The minimum Gasteiger partial charge on any atom is -0.375 e. The van der Waals surface area contributed by atoms with Gasteiger partial charge < -0.3 is 20.1 Å². The number of benzene rings is 1. The second kappa shape index (κ2) is 7.75. The number of anilines is 1. The number of aliphatic hydroxyl groups is 1. The number of likely N-dealkylation sites (N-methyl/N-ethyl adjacent to an activating group) is 1. The Morgan fingerprint density at radius 1 is 1.19 bits per heavy atom. The normalized spacial score (nSPS) is 21.9. The molecule has 8 nitrogen and oxygen atoms in total. The predicted octanol–water partition coefficient (Wildman–Crippen LogP) is 2.85. The van der Waals surface area contributed by atoms with Crippen molar-refractivity contribution in [2.24, 2.45) is 0 Å². The van der Waals surface area contributed by atoms with Gasteiger partial charge in [-0.1, -0.05) is 18.2 Å². The van der Waals surface area contributed by atoms with Gasteiger partial charge in [-0.3, -0.25) is 4.79 Å². The number of nitrogens with one attached hydrogen (secondary N) is 1. The van der Waals surface area contributed by atoms with Gasteiger partial charge in [-0.25, -0.2) is 15.0 Å². The molecule has 164 valence electrons. The van der Waals surface area contributed by atoms with Crippen LogP contribution in [0.2, 0.25) is 0 Å². The molecule has 1 saturated heterocycles. The largest absolute Gasteiger partial charge is 0.375 e. The lowest BCUT2D eigenvalue weighted by Crippen LogP contribution is -2.47. The van der Waals surface area contributed by atoms with Crippen LogP contribution in [0.15, 0.2) is 41.9 Å². The standard InChI is InChI=1S/C23H23N5O3S/c1-28-11-9-23(31,20(28)30)16-5-2-4-15(12-16)19-25-18(13-32-19)17-6-10-24-21(26-17)27-22(14-29)7-3-8-22/h2,4-6,10,12-14,31H,3,7-9,11H2,1H3,(H,24,26,27)/t23-/m1/s1. The number of nitrogens with zero attached hydrogens (tertiary/aromatic N) is 4. The Balaban J connectivity index is 1.41. The van der Waals surface area contributed by atoms with E-state index in [0.717, 1.165) is 36.1 Å². The molecule has 1 saturated carbocycles. The van der Waals surface area contributed by atoms with E-state index in [-0.39, 0.29) is 5.91 Å². The molecule has 9 heteroatoms. The number of rotatable bonds is 6. The van der Waals surface area contributed by atoms with Gasteiger partial charge in [0.05, 0.1) is 11.2 Å². The zero-order chi connectivity index (χ0) is 22.3. The molecule has 2 fully saturated rings. The Kier molecular flexibility index (Phi) is 5.02. The molecule has 0 radical (unpaired) electrons. The predicted molar refractivity (Wildman–Crippen MR) is 121 cm³/mol. The van der Waals surface area contributed by atoms with Crippen molar-refractivity contribution in [3.05, 3.63) is 47.5 Å². The maximum atomic E-state index is 12.5. The van der Waals surface area contributed by atoms with E-state index >= 15 is 0 Å². The molecule has 1 aromatic carbocycles. The molecule has 3 heterocycles. The van der Waals surface area contributed by atoms with Crippen LogP contribution in [0.25, 0.3) is 22.0 Å². The van der Waals surface area contributed by atoms with Gasteiger partial charge in [0.1, 0.15) is 17.0 Å². The summed E-state index contributed by atoms with van der Waals surface area (Å²) in [5, 5.41) is 16.8. The van der Waals surface area contributed by atoms with Crippen molar-refractivity contribution in [2.75, 3.05) is 18.9 Å². The van der Waals surface area contributed by atoms with Crippen molar-refractivity contribution in [1.29, 1.82) is 0 Å². The number of hydrogen-bond acceptors (Lipinski definition) is 8. The Bertz CT molecular complexity index is 1190. The Morgan fingerprint density at radius 2 is 2.03 bits per heavy atom. The minimum atomic E-state index is -1.49. The molecule has 2 aromatic heterocycles.